The quantitative estimate of drug-likeness (QED) is 0.166. The van der Waals surface area contributed by atoms with E-state index in [2.05, 4.69) is 47.2 Å². The average molecular weight is 661 g/mol. The summed E-state index contributed by atoms with van der Waals surface area (Å²) in [6, 6.07) is 33.6. The molecule has 1 aliphatic rings. The number of hydrogen-bond donors (Lipinski definition) is 0. The van der Waals surface area contributed by atoms with E-state index < -0.39 is 15.8 Å². The summed E-state index contributed by atoms with van der Waals surface area (Å²) in [5.41, 5.74) is 6.34. The molecular weight excluding hydrogens is 628 g/mol. The maximum atomic E-state index is 14.9. The second kappa shape index (κ2) is 12.9. The van der Waals surface area contributed by atoms with E-state index in [1.54, 1.807) is 17.5 Å². The van der Waals surface area contributed by atoms with Crippen LogP contribution in [-0.4, -0.2) is 55.4 Å². The summed E-state index contributed by atoms with van der Waals surface area (Å²) in [5, 5.41) is 12.2. The van der Waals surface area contributed by atoms with Gasteiger partial charge in [-0.15, -0.1) is 11.3 Å². The van der Waals surface area contributed by atoms with Crippen molar-refractivity contribution < 1.29 is 12.8 Å². The molecule has 0 bridgehead atoms. The Morgan fingerprint density at radius 2 is 1.55 bits per heavy atom. The SMILES string of the molecule is CN1CCN(Cc2ccc(-c3cccc(-c4c(-c5ccsc5C#N)c5cc(F)ccc5n4S(=O)(=O)Cc4ccccc4)c3)cc2)CC1. The molecule has 2 aromatic heterocycles. The van der Waals surface area contributed by atoms with Gasteiger partial charge in [0.1, 0.15) is 16.8 Å². The van der Waals surface area contributed by atoms with E-state index in [1.165, 1.54) is 39.1 Å². The lowest BCUT2D eigenvalue weighted by Crippen LogP contribution is -2.43. The molecule has 0 saturated carbocycles. The Morgan fingerprint density at radius 1 is 0.809 bits per heavy atom. The molecule has 47 heavy (non-hydrogen) atoms. The fourth-order valence-electron chi connectivity index (χ4n) is 6.41. The highest BCUT2D eigenvalue weighted by atomic mass is 32.2. The molecule has 0 aliphatic carbocycles. The van der Waals surface area contributed by atoms with Crippen molar-refractivity contribution in [2.24, 2.45) is 0 Å². The number of aromatic nitrogens is 1. The van der Waals surface area contributed by atoms with Crippen molar-refractivity contribution in [1.29, 1.82) is 5.26 Å². The minimum absolute atomic E-state index is 0.245. The van der Waals surface area contributed by atoms with Gasteiger partial charge in [-0.2, -0.15) is 5.26 Å². The van der Waals surface area contributed by atoms with E-state index in [1.807, 2.05) is 48.5 Å². The zero-order chi connectivity index (χ0) is 32.5. The molecule has 0 unspecified atom stereocenters. The van der Waals surface area contributed by atoms with Gasteiger partial charge in [-0.1, -0.05) is 72.8 Å². The second-order valence-corrected chi connectivity index (χ2v) is 14.8. The molecule has 1 saturated heterocycles. The first-order valence-electron chi connectivity index (χ1n) is 15.5. The van der Waals surface area contributed by atoms with Crippen molar-refractivity contribution in [3.8, 4) is 39.6 Å². The van der Waals surface area contributed by atoms with Crippen LogP contribution in [0.5, 0.6) is 0 Å². The van der Waals surface area contributed by atoms with Crippen LogP contribution < -0.4 is 0 Å². The van der Waals surface area contributed by atoms with Gasteiger partial charge in [-0.05, 0) is 65.0 Å². The fourth-order valence-corrected chi connectivity index (χ4v) is 8.78. The lowest BCUT2D eigenvalue weighted by molar-refractivity contribution is 0.148. The molecule has 6 nitrogen and oxygen atoms in total. The monoisotopic (exact) mass is 660 g/mol. The first-order chi connectivity index (χ1) is 22.8. The smallest absolute Gasteiger partial charge is 0.243 e. The third kappa shape index (κ3) is 6.25. The van der Waals surface area contributed by atoms with E-state index in [-0.39, 0.29) is 5.75 Å². The van der Waals surface area contributed by atoms with Crippen molar-refractivity contribution in [2.45, 2.75) is 12.3 Å². The number of piperazine rings is 1. The highest BCUT2D eigenvalue weighted by molar-refractivity contribution is 7.89. The van der Waals surface area contributed by atoms with Gasteiger partial charge in [0.2, 0.25) is 10.0 Å². The molecule has 236 valence electrons. The standard InChI is InChI=1S/C38H33FN4O2S2/c1-41-17-19-42(20-18-41)25-27-10-12-29(13-11-27)30-8-5-9-31(22-30)38-37(33-16-21-46-36(33)24-40)34-23-32(39)14-15-35(34)43(38)47(44,45)26-28-6-3-2-4-7-28/h2-16,21-23H,17-20,25-26H2,1H3. The summed E-state index contributed by atoms with van der Waals surface area (Å²) in [6.45, 7) is 5.13. The van der Waals surface area contributed by atoms with E-state index >= 15 is 0 Å². The van der Waals surface area contributed by atoms with Crippen LogP contribution in [0.4, 0.5) is 4.39 Å². The third-order valence-corrected chi connectivity index (χ3v) is 11.3. The van der Waals surface area contributed by atoms with E-state index in [0.717, 1.165) is 43.9 Å². The van der Waals surface area contributed by atoms with E-state index in [4.69, 9.17) is 0 Å². The molecule has 1 fully saturated rings. The van der Waals surface area contributed by atoms with Crippen molar-refractivity contribution in [2.75, 3.05) is 33.2 Å². The van der Waals surface area contributed by atoms with Crippen LogP contribution in [0.1, 0.15) is 16.0 Å². The molecule has 0 spiro atoms. The van der Waals surface area contributed by atoms with Crippen LogP contribution in [0.25, 0.3) is 44.4 Å². The van der Waals surface area contributed by atoms with Gasteiger partial charge in [-0.25, -0.2) is 16.8 Å². The average Bonchev–Trinajstić information content (AvgIpc) is 3.69. The van der Waals surface area contributed by atoms with Crippen LogP contribution in [-0.2, 0) is 22.3 Å². The summed E-state index contributed by atoms with van der Waals surface area (Å²) in [7, 11) is -1.86. The van der Waals surface area contributed by atoms with Gasteiger partial charge < -0.3 is 4.90 Å². The number of hydrogen-bond acceptors (Lipinski definition) is 6. The van der Waals surface area contributed by atoms with E-state index in [9.17, 15) is 18.1 Å². The Kier molecular flexibility index (Phi) is 8.52. The van der Waals surface area contributed by atoms with E-state index in [0.29, 0.717) is 43.7 Å². The van der Waals surface area contributed by atoms with Crippen molar-refractivity contribution in [3.05, 3.63) is 130 Å². The lowest BCUT2D eigenvalue weighted by Gasteiger charge is -2.32. The van der Waals surface area contributed by atoms with Crippen LogP contribution >= 0.6 is 11.3 Å². The molecular formula is C38H33FN4O2S2. The molecule has 7 rings (SSSR count). The summed E-state index contributed by atoms with van der Waals surface area (Å²) in [5.74, 6) is -0.730. The van der Waals surface area contributed by atoms with Crippen LogP contribution in [0.3, 0.4) is 0 Å². The minimum Gasteiger partial charge on any atom is -0.304 e. The number of rotatable bonds is 8. The molecule has 0 N–H and O–H groups in total. The zero-order valence-corrected chi connectivity index (χ0v) is 27.6. The highest BCUT2D eigenvalue weighted by Gasteiger charge is 2.29. The van der Waals surface area contributed by atoms with Crippen LogP contribution in [0, 0.1) is 17.1 Å². The Balaban J connectivity index is 1.37. The Morgan fingerprint density at radius 3 is 2.30 bits per heavy atom. The molecule has 0 radical (unpaired) electrons. The third-order valence-electron chi connectivity index (χ3n) is 8.82. The predicted molar refractivity (Wildman–Crippen MR) is 188 cm³/mol. The zero-order valence-electron chi connectivity index (χ0n) is 25.9. The lowest BCUT2D eigenvalue weighted by atomic mass is 9.96. The van der Waals surface area contributed by atoms with Gasteiger partial charge in [0.25, 0.3) is 0 Å². The Labute approximate surface area is 278 Å². The largest absolute Gasteiger partial charge is 0.304 e. The van der Waals surface area contributed by atoms with Crippen LogP contribution in [0.2, 0.25) is 0 Å². The molecule has 4 aromatic carbocycles. The number of benzene rings is 4. The molecule has 1 aliphatic heterocycles. The number of nitriles is 1. The summed E-state index contributed by atoms with van der Waals surface area (Å²) < 4.78 is 45.0. The van der Waals surface area contributed by atoms with Crippen molar-refractivity contribution in [1.82, 2.24) is 13.8 Å². The molecule has 0 atom stereocenters. The first-order valence-corrected chi connectivity index (χ1v) is 18.0. The molecule has 6 aromatic rings. The summed E-state index contributed by atoms with van der Waals surface area (Å²) >= 11 is 1.27. The topological polar surface area (TPSA) is 69.3 Å². The van der Waals surface area contributed by atoms with Crippen molar-refractivity contribution >= 4 is 32.3 Å². The summed E-state index contributed by atoms with van der Waals surface area (Å²) in [4.78, 5) is 5.25. The van der Waals surface area contributed by atoms with Gasteiger partial charge in [0, 0.05) is 54.8 Å². The fraction of sp³-hybridized carbons (Fsp3) is 0.184. The number of thiophene rings is 1. The van der Waals surface area contributed by atoms with Gasteiger partial charge >= 0.3 is 0 Å². The number of nitrogens with zero attached hydrogens (tertiary/aromatic N) is 4. The Hall–Kier alpha value is -4.59. The molecule has 0 amide bonds. The Bertz CT molecular complexity index is 2210. The second-order valence-electron chi connectivity index (χ2n) is 12.0. The number of halogens is 1. The normalized spacial score (nSPS) is 14.4. The molecule has 9 heteroatoms. The maximum Gasteiger partial charge on any atom is 0.243 e. The van der Waals surface area contributed by atoms with Crippen LogP contribution in [0.15, 0.2) is 109 Å². The van der Waals surface area contributed by atoms with Gasteiger partial charge in [0.05, 0.1) is 17.0 Å². The van der Waals surface area contributed by atoms with Gasteiger partial charge in [-0.3, -0.25) is 4.90 Å². The van der Waals surface area contributed by atoms with Crippen molar-refractivity contribution in [3.63, 3.8) is 0 Å². The molecule has 3 heterocycles. The number of fused-ring (bicyclic) bond motifs is 1. The first kappa shape index (κ1) is 31.0. The predicted octanol–water partition coefficient (Wildman–Crippen LogP) is 7.84. The maximum absolute atomic E-state index is 14.9. The minimum atomic E-state index is -4.02. The van der Waals surface area contributed by atoms with Gasteiger partial charge in [0.15, 0.2) is 0 Å². The number of likely N-dealkylation sites (N-methyl/N-ethyl adjacent to an activating group) is 1. The summed E-state index contributed by atoms with van der Waals surface area (Å²) in [6.07, 6.45) is 0. The highest BCUT2D eigenvalue weighted by Crippen LogP contribution is 2.45.